The number of likely N-dealkylation sites (tertiary alicyclic amines) is 1. The van der Waals surface area contributed by atoms with E-state index in [1.807, 2.05) is 19.1 Å². The van der Waals surface area contributed by atoms with Gasteiger partial charge in [0, 0.05) is 13.1 Å². The molecular weight excluding hydrogens is 266 g/mol. The Kier molecular flexibility index (Phi) is 3.66. The smallest absolute Gasteiger partial charge is 0.233 e. The Balaban J connectivity index is 1.95. The lowest BCUT2D eigenvalue weighted by Crippen LogP contribution is -2.58. The molecule has 0 atom stereocenters. The van der Waals surface area contributed by atoms with Crippen LogP contribution in [0.2, 0.25) is 0 Å². The van der Waals surface area contributed by atoms with Crippen molar-refractivity contribution in [3.63, 3.8) is 0 Å². The summed E-state index contributed by atoms with van der Waals surface area (Å²) in [5.74, 6) is 1.02. The van der Waals surface area contributed by atoms with Gasteiger partial charge >= 0.3 is 0 Å². The maximum Gasteiger partial charge on any atom is 0.233 e. The van der Waals surface area contributed by atoms with E-state index in [1.165, 1.54) is 0 Å². The van der Waals surface area contributed by atoms with E-state index in [0.29, 0.717) is 13.1 Å². The largest absolute Gasteiger partial charge is 0.496 e. The summed E-state index contributed by atoms with van der Waals surface area (Å²) in [6.07, 6.45) is 3.60. The number of rotatable bonds is 3. The predicted molar refractivity (Wildman–Crippen MR) is 80.5 cm³/mol. The number of methoxy groups -OCH3 is 1. The summed E-state index contributed by atoms with van der Waals surface area (Å²) in [6, 6.07) is 6.12. The highest BCUT2D eigenvalue weighted by molar-refractivity contribution is 5.89. The maximum absolute atomic E-state index is 13.0. The SMILES string of the molecule is COc1cc(C2(C(=O)N3CC(O)C3)CCCC2)ccc1C. The molecule has 4 heteroatoms. The van der Waals surface area contributed by atoms with E-state index in [1.54, 1.807) is 12.0 Å². The van der Waals surface area contributed by atoms with Crippen molar-refractivity contribution in [2.75, 3.05) is 20.2 Å². The maximum atomic E-state index is 13.0. The fourth-order valence-corrected chi connectivity index (χ4v) is 3.65. The lowest BCUT2D eigenvalue weighted by atomic mass is 9.76. The molecule has 1 amide bonds. The van der Waals surface area contributed by atoms with Crippen molar-refractivity contribution in [1.29, 1.82) is 0 Å². The van der Waals surface area contributed by atoms with E-state index >= 15 is 0 Å². The minimum Gasteiger partial charge on any atom is -0.496 e. The van der Waals surface area contributed by atoms with Crippen LogP contribution < -0.4 is 4.74 Å². The Morgan fingerprint density at radius 3 is 2.57 bits per heavy atom. The van der Waals surface area contributed by atoms with E-state index in [2.05, 4.69) is 6.07 Å². The Hall–Kier alpha value is -1.55. The number of ether oxygens (including phenoxy) is 1. The molecule has 1 N–H and O–H groups in total. The van der Waals surface area contributed by atoms with Crippen LogP contribution in [0.1, 0.15) is 36.8 Å². The highest BCUT2D eigenvalue weighted by atomic mass is 16.5. The molecule has 0 aromatic heterocycles. The van der Waals surface area contributed by atoms with Gasteiger partial charge in [-0.05, 0) is 37.0 Å². The van der Waals surface area contributed by atoms with Crippen LogP contribution >= 0.6 is 0 Å². The number of carbonyl (C=O) groups is 1. The third-order valence-electron chi connectivity index (χ3n) is 4.98. The van der Waals surface area contributed by atoms with E-state index in [-0.39, 0.29) is 12.0 Å². The van der Waals surface area contributed by atoms with Gasteiger partial charge in [0.05, 0.1) is 18.6 Å². The third-order valence-corrected chi connectivity index (χ3v) is 4.98. The normalized spacial score (nSPS) is 21.2. The molecule has 21 heavy (non-hydrogen) atoms. The quantitative estimate of drug-likeness (QED) is 0.926. The van der Waals surface area contributed by atoms with Crippen LogP contribution in [0.15, 0.2) is 18.2 Å². The molecule has 1 aliphatic carbocycles. The number of aliphatic hydroxyl groups excluding tert-OH is 1. The number of β-amino-alcohol motifs (C(OH)–C–C–N with tert-alkyl or cyclic N) is 1. The molecular formula is C17H23NO3. The van der Waals surface area contributed by atoms with Gasteiger partial charge in [-0.2, -0.15) is 0 Å². The average molecular weight is 289 g/mol. The number of carbonyl (C=O) groups excluding carboxylic acids is 1. The van der Waals surface area contributed by atoms with Crippen LogP contribution in [0.3, 0.4) is 0 Å². The molecule has 0 bridgehead atoms. The van der Waals surface area contributed by atoms with E-state index in [0.717, 1.165) is 42.6 Å². The Bertz CT molecular complexity index is 543. The van der Waals surface area contributed by atoms with Gasteiger partial charge in [0.1, 0.15) is 5.75 Å². The summed E-state index contributed by atoms with van der Waals surface area (Å²) in [6.45, 7) is 2.96. The third kappa shape index (κ3) is 2.31. The van der Waals surface area contributed by atoms with Crippen LogP contribution in [0.5, 0.6) is 5.75 Å². The molecule has 1 saturated heterocycles. The lowest BCUT2D eigenvalue weighted by molar-refractivity contribution is -0.147. The van der Waals surface area contributed by atoms with Gasteiger partial charge in [-0.3, -0.25) is 4.79 Å². The van der Waals surface area contributed by atoms with E-state index in [4.69, 9.17) is 4.74 Å². The number of aliphatic hydroxyl groups is 1. The van der Waals surface area contributed by atoms with Gasteiger partial charge in [-0.1, -0.05) is 25.0 Å². The standard InChI is InChI=1S/C17H23NO3/c1-12-5-6-13(9-15(12)21-2)17(7-3-4-8-17)16(20)18-10-14(19)11-18/h5-6,9,14,19H,3-4,7-8,10-11H2,1-2H3. The number of amides is 1. The fraction of sp³-hybridized carbons (Fsp3) is 0.588. The summed E-state index contributed by atoms with van der Waals surface area (Å²) >= 11 is 0. The zero-order valence-corrected chi connectivity index (χ0v) is 12.8. The number of benzene rings is 1. The molecule has 0 radical (unpaired) electrons. The molecule has 0 unspecified atom stereocenters. The van der Waals surface area contributed by atoms with Crippen molar-refractivity contribution in [3.05, 3.63) is 29.3 Å². The first kappa shape index (κ1) is 14.4. The van der Waals surface area contributed by atoms with Crippen LogP contribution in [0, 0.1) is 6.92 Å². The van der Waals surface area contributed by atoms with Gasteiger partial charge in [0.2, 0.25) is 5.91 Å². The van der Waals surface area contributed by atoms with Crippen molar-refractivity contribution >= 4 is 5.91 Å². The van der Waals surface area contributed by atoms with Gasteiger partial charge in [0.15, 0.2) is 0 Å². The molecule has 2 fully saturated rings. The second-order valence-corrected chi connectivity index (χ2v) is 6.34. The second-order valence-electron chi connectivity index (χ2n) is 6.34. The Labute approximate surface area is 125 Å². The Morgan fingerprint density at radius 1 is 1.33 bits per heavy atom. The highest BCUT2D eigenvalue weighted by Crippen LogP contribution is 2.44. The molecule has 3 rings (SSSR count). The first-order valence-corrected chi connectivity index (χ1v) is 7.69. The highest BCUT2D eigenvalue weighted by Gasteiger charge is 2.47. The van der Waals surface area contributed by atoms with Gasteiger partial charge in [0.25, 0.3) is 0 Å². The summed E-state index contributed by atoms with van der Waals surface area (Å²) in [5.41, 5.74) is 1.73. The minimum atomic E-state index is -0.416. The van der Waals surface area contributed by atoms with Crippen molar-refractivity contribution < 1.29 is 14.6 Å². The monoisotopic (exact) mass is 289 g/mol. The summed E-state index contributed by atoms with van der Waals surface area (Å²) in [4.78, 5) is 14.7. The lowest BCUT2D eigenvalue weighted by Gasteiger charge is -2.42. The molecule has 1 heterocycles. The van der Waals surface area contributed by atoms with Gasteiger partial charge in [-0.15, -0.1) is 0 Å². The predicted octanol–water partition coefficient (Wildman–Crippen LogP) is 2.02. The zero-order chi connectivity index (χ0) is 15.0. The molecule has 1 saturated carbocycles. The van der Waals surface area contributed by atoms with Crippen LogP contribution in [0.25, 0.3) is 0 Å². The summed E-state index contributed by atoms with van der Waals surface area (Å²) < 4.78 is 5.42. The average Bonchev–Trinajstić information content (AvgIpc) is 2.94. The number of aryl methyl sites for hydroxylation is 1. The van der Waals surface area contributed by atoms with E-state index < -0.39 is 5.41 Å². The first-order chi connectivity index (χ1) is 10.1. The second kappa shape index (κ2) is 5.34. The summed E-state index contributed by atoms with van der Waals surface area (Å²) in [5, 5.41) is 9.47. The van der Waals surface area contributed by atoms with Crippen molar-refractivity contribution in [3.8, 4) is 5.75 Å². The zero-order valence-electron chi connectivity index (χ0n) is 12.8. The molecule has 1 aromatic carbocycles. The number of hydrogen-bond donors (Lipinski definition) is 1. The van der Waals surface area contributed by atoms with Crippen LogP contribution in [0.4, 0.5) is 0 Å². The topological polar surface area (TPSA) is 49.8 Å². The number of hydrogen-bond acceptors (Lipinski definition) is 3. The molecule has 1 aliphatic heterocycles. The molecule has 114 valence electrons. The molecule has 1 aromatic rings. The van der Waals surface area contributed by atoms with Crippen LogP contribution in [-0.4, -0.2) is 42.2 Å². The van der Waals surface area contributed by atoms with Gasteiger partial charge < -0.3 is 14.7 Å². The van der Waals surface area contributed by atoms with Crippen molar-refractivity contribution in [1.82, 2.24) is 4.90 Å². The van der Waals surface area contributed by atoms with Crippen LogP contribution in [-0.2, 0) is 10.2 Å². The molecule has 4 nitrogen and oxygen atoms in total. The fourth-order valence-electron chi connectivity index (χ4n) is 3.65. The van der Waals surface area contributed by atoms with Crippen molar-refractivity contribution in [2.24, 2.45) is 0 Å². The minimum absolute atomic E-state index is 0.177. The first-order valence-electron chi connectivity index (χ1n) is 7.69. The van der Waals surface area contributed by atoms with Gasteiger partial charge in [-0.25, -0.2) is 0 Å². The molecule has 2 aliphatic rings. The Morgan fingerprint density at radius 2 is 2.00 bits per heavy atom. The van der Waals surface area contributed by atoms with Crippen molar-refractivity contribution in [2.45, 2.75) is 44.1 Å². The molecule has 0 spiro atoms. The number of nitrogens with zero attached hydrogens (tertiary/aromatic N) is 1. The summed E-state index contributed by atoms with van der Waals surface area (Å²) in [7, 11) is 1.67. The van der Waals surface area contributed by atoms with E-state index in [9.17, 15) is 9.90 Å².